The van der Waals surface area contributed by atoms with Crippen LogP contribution in [0.2, 0.25) is 0 Å². The fraction of sp³-hybridized carbons (Fsp3) is 0.167. The van der Waals surface area contributed by atoms with E-state index >= 15 is 0 Å². The van der Waals surface area contributed by atoms with E-state index in [9.17, 15) is 14.0 Å². The molecule has 0 spiro atoms. The molecule has 2 heterocycles. The fourth-order valence-corrected chi connectivity index (χ4v) is 2.71. The second-order valence-corrected chi connectivity index (χ2v) is 4.93. The van der Waals surface area contributed by atoms with Gasteiger partial charge in [-0.1, -0.05) is 24.1 Å². The minimum atomic E-state index is -0.511. The van der Waals surface area contributed by atoms with Gasteiger partial charge in [0.25, 0.3) is 5.91 Å². The molecule has 1 aromatic rings. The second kappa shape index (κ2) is 4.67. The number of nitrogens with one attached hydrogen (secondary N) is 2. The first kappa shape index (κ1) is 12.2. The van der Waals surface area contributed by atoms with Crippen LogP contribution in [0, 0.1) is 5.82 Å². The van der Waals surface area contributed by atoms with Crippen molar-refractivity contribution < 1.29 is 14.0 Å². The van der Waals surface area contributed by atoms with E-state index in [1.54, 1.807) is 17.5 Å². The van der Waals surface area contributed by atoms with Crippen molar-refractivity contribution in [2.45, 2.75) is 12.6 Å². The number of benzene rings is 1. The third-order valence-corrected chi connectivity index (χ3v) is 3.69. The molecule has 19 heavy (non-hydrogen) atoms. The van der Waals surface area contributed by atoms with Crippen molar-refractivity contribution in [3.8, 4) is 0 Å². The van der Waals surface area contributed by atoms with Crippen molar-refractivity contribution in [2.75, 3.05) is 0 Å². The van der Waals surface area contributed by atoms with E-state index in [1.165, 1.54) is 24.1 Å². The normalized spacial score (nSPS) is 22.1. The Kier molecular flexibility index (Phi) is 3.00. The largest absolute Gasteiger partial charge is 0.328 e. The smallest absolute Gasteiger partial charge is 0.308 e. The van der Waals surface area contributed by atoms with E-state index in [0.717, 1.165) is 4.90 Å². The van der Waals surface area contributed by atoms with Crippen LogP contribution >= 0.6 is 11.9 Å². The molecule has 0 saturated carbocycles. The number of carbonyl (C=O) groups excluding carboxylic acids is 2. The monoisotopic (exact) mass is 279 g/mol. The van der Waals surface area contributed by atoms with Gasteiger partial charge in [0.1, 0.15) is 11.9 Å². The first-order valence-corrected chi connectivity index (χ1v) is 6.51. The highest BCUT2D eigenvalue weighted by Crippen LogP contribution is 2.23. The number of imide groups is 1. The molecule has 0 radical (unpaired) electrons. The lowest BCUT2D eigenvalue weighted by molar-refractivity contribution is -0.130. The molecular weight excluding hydrogens is 269 g/mol. The maximum atomic E-state index is 12.8. The molecule has 1 fully saturated rings. The van der Waals surface area contributed by atoms with Gasteiger partial charge in [-0.05, 0) is 17.7 Å². The number of hydrogen-bond acceptors (Lipinski definition) is 4. The fourth-order valence-electron chi connectivity index (χ4n) is 1.95. The summed E-state index contributed by atoms with van der Waals surface area (Å²) in [6.45, 7) is 0.126. The second-order valence-electron chi connectivity index (χ2n) is 4.22. The van der Waals surface area contributed by atoms with Gasteiger partial charge >= 0.3 is 6.03 Å². The number of halogens is 1. The lowest BCUT2D eigenvalue weighted by atomic mass is 10.1. The van der Waals surface area contributed by atoms with Crippen LogP contribution in [0.3, 0.4) is 0 Å². The molecule has 5 nitrogen and oxygen atoms in total. The van der Waals surface area contributed by atoms with Gasteiger partial charge in [-0.25, -0.2) is 13.9 Å². The van der Waals surface area contributed by atoms with Gasteiger partial charge < -0.3 is 5.32 Å². The number of hydrogen-bond donors (Lipinski definition) is 2. The molecule has 2 aliphatic rings. The van der Waals surface area contributed by atoms with Crippen molar-refractivity contribution in [3.63, 3.8) is 0 Å². The van der Waals surface area contributed by atoms with Gasteiger partial charge in [0.15, 0.2) is 0 Å². The Bertz CT molecular complexity index is 573. The molecule has 1 atom stereocenters. The lowest BCUT2D eigenvalue weighted by Gasteiger charge is -2.30. The molecule has 2 N–H and O–H groups in total. The Balaban J connectivity index is 1.80. The van der Waals surface area contributed by atoms with Crippen LogP contribution in [-0.2, 0) is 11.3 Å². The lowest BCUT2D eigenvalue weighted by Crippen LogP contribution is -2.57. The van der Waals surface area contributed by atoms with Gasteiger partial charge in [0.2, 0.25) is 0 Å². The summed E-state index contributed by atoms with van der Waals surface area (Å²) in [7, 11) is 0. The standard InChI is InChI=1S/C12H10FN3O2S/c13-8-3-1-7(2-4-8)5-16-11(17)10-9(6-19-15-10)14-12(16)18/h1-4,6,10,15H,5H2,(H,14,18). The number of amides is 3. The van der Waals surface area contributed by atoms with E-state index in [1.807, 2.05) is 0 Å². The summed E-state index contributed by atoms with van der Waals surface area (Å²) in [5.74, 6) is -0.651. The summed E-state index contributed by atoms with van der Waals surface area (Å²) in [5.41, 5.74) is 1.28. The Morgan fingerprint density at radius 3 is 2.74 bits per heavy atom. The first-order valence-electron chi connectivity index (χ1n) is 5.63. The Hall–Kier alpha value is -1.86. The van der Waals surface area contributed by atoms with Crippen molar-refractivity contribution in [1.29, 1.82) is 0 Å². The maximum Gasteiger partial charge on any atom is 0.328 e. The molecule has 98 valence electrons. The topological polar surface area (TPSA) is 61.4 Å². The molecule has 3 amide bonds. The zero-order valence-electron chi connectivity index (χ0n) is 9.72. The van der Waals surface area contributed by atoms with Crippen LogP contribution in [0.25, 0.3) is 0 Å². The van der Waals surface area contributed by atoms with Crippen LogP contribution in [-0.4, -0.2) is 22.9 Å². The van der Waals surface area contributed by atoms with Crippen molar-refractivity contribution in [2.24, 2.45) is 0 Å². The van der Waals surface area contributed by atoms with E-state index in [4.69, 9.17) is 0 Å². The molecule has 1 aromatic carbocycles. The third kappa shape index (κ3) is 2.22. The summed E-state index contributed by atoms with van der Waals surface area (Å²) < 4.78 is 15.7. The molecule has 7 heteroatoms. The Morgan fingerprint density at radius 2 is 2.00 bits per heavy atom. The maximum absolute atomic E-state index is 12.8. The van der Waals surface area contributed by atoms with E-state index in [-0.39, 0.29) is 18.3 Å². The summed E-state index contributed by atoms with van der Waals surface area (Å²) in [5, 5.41) is 4.36. The predicted molar refractivity (Wildman–Crippen MR) is 68.1 cm³/mol. The Morgan fingerprint density at radius 1 is 1.26 bits per heavy atom. The van der Waals surface area contributed by atoms with Gasteiger partial charge in [0, 0.05) is 5.41 Å². The Labute approximate surface area is 113 Å². The minimum Gasteiger partial charge on any atom is -0.308 e. The highest BCUT2D eigenvalue weighted by Gasteiger charge is 2.39. The minimum absolute atomic E-state index is 0.126. The number of carbonyl (C=O) groups is 2. The molecule has 1 saturated heterocycles. The van der Waals surface area contributed by atoms with Gasteiger partial charge in [-0.2, -0.15) is 0 Å². The number of nitrogens with zero attached hydrogens (tertiary/aromatic N) is 1. The van der Waals surface area contributed by atoms with Gasteiger partial charge in [0.05, 0.1) is 12.2 Å². The summed E-state index contributed by atoms with van der Waals surface area (Å²) in [6, 6.07) is 4.74. The quantitative estimate of drug-likeness (QED) is 0.802. The molecule has 0 bridgehead atoms. The summed E-state index contributed by atoms with van der Waals surface area (Å²) >= 11 is 1.27. The summed E-state index contributed by atoms with van der Waals surface area (Å²) in [4.78, 5) is 25.1. The van der Waals surface area contributed by atoms with Crippen LogP contribution in [0.4, 0.5) is 9.18 Å². The molecule has 0 aliphatic carbocycles. The highest BCUT2D eigenvalue weighted by molar-refractivity contribution is 8.00. The van der Waals surface area contributed by atoms with Crippen LogP contribution in [0.5, 0.6) is 0 Å². The number of urea groups is 1. The zero-order chi connectivity index (χ0) is 13.4. The number of rotatable bonds is 2. The van der Waals surface area contributed by atoms with E-state index < -0.39 is 12.1 Å². The average molecular weight is 279 g/mol. The van der Waals surface area contributed by atoms with Crippen LogP contribution in [0.15, 0.2) is 35.4 Å². The van der Waals surface area contributed by atoms with Crippen molar-refractivity contribution in [1.82, 2.24) is 14.9 Å². The average Bonchev–Trinajstić information content (AvgIpc) is 2.85. The van der Waals surface area contributed by atoms with Crippen LogP contribution < -0.4 is 10.0 Å². The SMILES string of the molecule is O=C1NC2=CSNC2C(=O)N1Cc1ccc(F)cc1. The molecule has 2 aliphatic heterocycles. The van der Waals surface area contributed by atoms with E-state index in [2.05, 4.69) is 10.0 Å². The summed E-state index contributed by atoms with van der Waals surface area (Å²) in [6.07, 6.45) is 0. The van der Waals surface area contributed by atoms with Gasteiger partial charge in [-0.15, -0.1) is 0 Å². The van der Waals surface area contributed by atoms with Crippen LogP contribution in [0.1, 0.15) is 5.56 Å². The van der Waals surface area contributed by atoms with Crippen molar-refractivity contribution in [3.05, 3.63) is 46.8 Å². The van der Waals surface area contributed by atoms with E-state index in [0.29, 0.717) is 11.3 Å². The number of fused-ring (bicyclic) bond motifs is 1. The molecule has 1 unspecified atom stereocenters. The zero-order valence-corrected chi connectivity index (χ0v) is 10.5. The van der Waals surface area contributed by atoms with Gasteiger partial charge in [-0.3, -0.25) is 9.69 Å². The predicted octanol–water partition coefficient (Wildman–Crippen LogP) is 1.34. The molecule has 0 aromatic heterocycles. The highest BCUT2D eigenvalue weighted by atomic mass is 32.2. The van der Waals surface area contributed by atoms with Crippen molar-refractivity contribution >= 4 is 23.9 Å². The first-order chi connectivity index (χ1) is 9.15. The third-order valence-electron chi connectivity index (χ3n) is 2.95. The molecule has 3 rings (SSSR count). The molecular formula is C12H10FN3O2S.